The van der Waals surface area contributed by atoms with Gasteiger partial charge in [-0.3, -0.25) is 14.4 Å². The van der Waals surface area contributed by atoms with E-state index in [1.54, 1.807) is 20.8 Å². The van der Waals surface area contributed by atoms with E-state index in [1.807, 2.05) is 0 Å². The van der Waals surface area contributed by atoms with Crippen molar-refractivity contribution in [3.63, 3.8) is 0 Å². The van der Waals surface area contributed by atoms with E-state index in [-0.39, 0.29) is 6.42 Å². The highest BCUT2D eigenvalue weighted by Crippen LogP contribution is 2.60. The fourth-order valence-corrected chi connectivity index (χ4v) is 5.32. The predicted molar refractivity (Wildman–Crippen MR) is 98.8 cm³/mol. The highest BCUT2D eigenvalue weighted by Gasteiger charge is 2.83. The number of hydrogen-bond donors (Lipinski definition) is 1. The highest BCUT2D eigenvalue weighted by atomic mass is 19.4. The second kappa shape index (κ2) is 7.25. The fourth-order valence-electron chi connectivity index (χ4n) is 5.32. The molecule has 0 amide bonds. The van der Waals surface area contributed by atoms with Crippen LogP contribution >= 0.6 is 0 Å². The molecule has 2 saturated carbocycles. The number of alkyl halides is 5. The number of fused-ring (bicyclic) bond motifs is 1. The second-order valence-electron chi connectivity index (χ2n) is 10.3. The zero-order valence-corrected chi connectivity index (χ0v) is 18.8. The molecule has 13 heteroatoms. The monoisotopic (exact) mass is 500 g/mol. The summed E-state index contributed by atoms with van der Waals surface area (Å²) in [4.78, 5) is 38.1. The van der Waals surface area contributed by atoms with Crippen LogP contribution in [0.15, 0.2) is 0 Å². The van der Waals surface area contributed by atoms with E-state index >= 15 is 0 Å². The summed E-state index contributed by atoms with van der Waals surface area (Å²) in [6.07, 6.45) is -7.06. The number of aliphatic hydroxyl groups is 1. The molecular weight excluding hydrogens is 475 g/mol. The third kappa shape index (κ3) is 3.11. The number of rotatable bonds is 5. The molecule has 0 radical (unpaired) electrons. The predicted octanol–water partition coefficient (Wildman–Crippen LogP) is 2.36. The molecule has 1 N–H and O–H groups in total. The molecule has 34 heavy (non-hydrogen) atoms. The highest BCUT2D eigenvalue weighted by molar-refractivity contribution is 5.86. The number of ether oxygens (including phenoxy) is 4. The van der Waals surface area contributed by atoms with Gasteiger partial charge in [0.05, 0.1) is 23.9 Å². The van der Waals surface area contributed by atoms with Gasteiger partial charge in [-0.2, -0.15) is 22.0 Å². The van der Waals surface area contributed by atoms with E-state index in [4.69, 9.17) is 14.2 Å². The maximum absolute atomic E-state index is 14.7. The third-order valence-corrected chi connectivity index (χ3v) is 7.85. The summed E-state index contributed by atoms with van der Waals surface area (Å²) in [5.41, 5.74) is -4.05. The van der Waals surface area contributed by atoms with Gasteiger partial charge in [-0.1, -0.05) is 6.92 Å². The topological polar surface area (TPSA) is 108 Å². The van der Waals surface area contributed by atoms with Gasteiger partial charge in [-0.25, -0.2) is 0 Å². The average molecular weight is 500 g/mol. The molecule has 2 aliphatic heterocycles. The van der Waals surface area contributed by atoms with Gasteiger partial charge in [0, 0.05) is 11.8 Å². The van der Waals surface area contributed by atoms with Gasteiger partial charge in [0.25, 0.3) is 0 Å². The fraction of sp³-hybridized carbons (Fsp3) is 0.857. The van der Waals surface area contributed by atoms with Gasteiger partial charge in [0.15, 0.2) is 0 Å². The van der Waals surface area contributed by atoms with Crippen molar-refractivity contribution in [3.8, 4) is 0 Å². The normalized spacial score (nSPS) is 42.6. The van der Waals surface area contributed by atoms with Crippen LogP contribution in [0, 0.1) is 29.1 Å². The molecule has 0 spiro atoms. The molecule has 8 nitrogen and oxygen atoms in total. The summed E-state index contributed by atoms with van der Waals surface area (Å²) in [7, 11) is 0. The van der Waals surface area contributed by atoms with E-state index in [9.17, 15) is 41.4 Å². The molecule has 8 atom stereocenters. The van der Waals surface area contributed by atoms with Crippen LogP contribution < -0.4 is 0 Å². The Morgan fingerprint density at radius 1 is 1.21 bits per heavy atom. The molecule has 2 heterocycles. The average Bonchev–Trinajstić information content (AvgIpc) is 3.38. The number of esters is 3. The van der Waals surface area contributed by atoms with Gasteiger partial charge >= 0.3 is 35.8 Å². The summed E-state index contributed by atoms with van der Waals surface area (Å²) in [6, 6.07) is 0. The Balaban J connectivity index is 1.58. The van der Waals surface area contributed by atoms with Crippen LogP contribution in [0.25, 0.3) is 0 Å². The van der Waals surface area contributed by atoms with Crippen molar-refractivity contribution in [1.82, 2.24) is 0 Å². The maximum atomic E-state index is 14.7. The molecule has 2 saturated heterocycles. The van der Waals surface area contributed by atoms with Crippen molar-refractivity contribution in [2.24, 2.45) is 29.1 Å². The van der Waals surface area contributed by atoms with Gasteiger partial charge in [-0.15, -0.1) is 0 Å². The Kier molecular flexibility index (Phi) is 5.35. The van der Waals surface area contributed by atoms with Crippen LogP contribution in [0.4, 0.5) is 22.0 Å². The molecule has 0 aromatic carbocycles. The molecule has 0 aromatic rings. The molecule has 4 rings (SSSR count). The molecule has 192 valence electrons. The van der Waals surface area contributed by atoms with Gasteiger partial charge in [-0.05, 0) is 33.6 Å². The second-order valence-corrected chi connectivity index (χ2v) is 10.3. The molecular formula is C21H25F5O8. The minimum atomic E-state index is -5.87. The largest absolute Gasteiger partial charge is 0.458 e. The summed E-state index contributed by atoms with van der Waals surface area (Å²) in [5.74, 6) is -16.4. The molecule has 4 aliphatic rings. The van der Waals surface area contributed by atoms with E-state index < -0.39 is 89.3 Å². The SMILES string of the molecule is CCC(C)(C)C(=O)OC1C2CC3C1OC(=O)C3C2C(=O)OC1(C)COC(O)(C(F)(F)F)C1(F)F. The minimum Gasteiger partial charge on any atom is -0.458 e. The number of carbonyl (C=O) groups is 3. The molecule has 0 aromatic heterocycles. The van der Waals surface area contributed by atoms with Crippen LogP contribution in [0.3, 0.4) is 0 Å². The lowest BCUT2D eigenvalue weighted by atomic mass is 9.78. The zero-order valence-electron chi connectivity index (χ0n) is 18.8. The number of halogens is 5. The zero-order chi connectivity index (χ0) is 25.6. The first-order chi connectivity index (χ1) is 15.4. The lowest BCUT2D eigenvalue weighted by Gasteiger charge is -2.37. The van der Waals surface area contributed by atoms with Crippen LogP contribution in [0.2, 0.25) is 0 Å². The van der Waals surface area contributed by atoms with Crippen LogP contribution in [0.5, 0.6) is 0 Å². The molecule has 8 unspecified atom stereocenters. The molecule has 4 fully saturated rings. The standard InChI is InChI=1S/C21H25F5O8/c1-5-17(2,3)16(29)33-13-9-6-8-10(14(27)32-12(8)13)11(9)15(28)34-18(4)7-31-20(30,19(18,22)23)21(24,25)26/h8-13,30H,5-7H2,1-4H3. The van der Waals surface area contributed by atoms with Crippen LogP contribution in [-0.4, -0.2) is 65.3 Å². The lowest BCUT2D eigenvalue weighted by Crippen LogP contribution is -2.63. The number of carbonyl (C=O) groups excluding carboxylic acids is 3. The Labute approximate surface area is 191 Å². The summed E-state index contributed by atoms with van der Waals surface area (Å²) in [6.45, 7) is 4.12. The van der Waals surface area contributed by atoms with Crippen molar-refractivity contribution in [2.75, 3.05) is 6.61 Å². The van der Waals surface area contributed by atoms with Crippen molar-refractivity contribution in [2.45, 2.75) is 76.2 Å². The first kappa shape index (κ1) is 25.1. The van der Waals surface area contributed by atoms with Crippen LogP contribution in [0.1, 0.15) is 40.5 Å². The molecule has 2 aliphatic carbocycles. The van der Waals surface area contributed by atoms with Gasteiger partial charge in [0.2, 0.25) is 5.60 Å². The summed E-state index contributed by atoms with van der Waals surface area (Å²) >= 11 is 0. The van der Waals surface area contributed by atoms with E-state index in [2.05, 4.69) is 4.74 Å². The van der Waals surface area contributed by atoms with E-state index in [0.29, 0.717) is 13.3 Å². The molecule has 2 bridgehead atoms. The van der Waals surface area contributed by atoms with Crippen molar-refractivity contribution >= 4 is 17.9 Å². The Morgan fingerprint density at radius 3 is 2.35 bits per heavy atom. The first-order valence-corrected chi connectivity index (χ1v) is 10.9. The number of hydrogen-bond acceptors (Lipinski definition) is 8. The van der Waals surface area contributed by atoms with E-state index in [0.717, 1.165) is 0 Å². The minimum absolute atomic E-state index is 0.210. The van der Waals surface area contributed by atoms with Crippen molar-refractivity contribution < 1.29 is 60.4 Å². The van der Waals surface area contributed by atoms with Gasteiger partial charge in [0.1, 0.15) is 12.2 Å². The Hall–Kier alpha value is -2.02. The summed E-state index contributed by atoms with van der Waals surface area (Å²) in [5, 5.41) is 9.54. The smallest absolute Gasteiger partial charge is 0.449 e. The summed E-state index contributed by atoms with van der Waals surface area (Å²) < 4.78 is 88.5. The van der Waals surface area contributed by atoms with Gasteiger partial charge < -0.3 is 24.1 Å². The lowest BCUT2D eigenvalue weighted by molar-refractivity contribution is -0.409. The van der Waals surface area contributed by atoms with E-state index in [1.165, 1.54) is 0 Å². The quantitative estimate of drug-likeness (QED) is 0.348. The van der Waals surface area contributed by atoms with Crippen LogP contribution in [-0.2, 0) is 33.3 Å². The maximum Gasteiger partial charge on any atom is 0.449 e. The third-order valence-electron chi connectivity index (χ3n) is 7.85. The van der Waals surface area contributed by atoms with Crippen molar-refractivity contribution in [1.29, 1.82) is 0 Å². The van der Waals surface area contributed by atoms with Crippen molar-refractivity contribution in [3.05, 3.63) is 0 Å². The Bertz CT molecular complexity index is 919. The Morgan fingerprint density at radius 2 is 1.82 bits per heavy atom. The first-order valence-electron chi connectivity index (χ1n) is 10.9.